The van der Waals surface area contributed by atoms with Gasteiger partial charge >= 0.3 is 0 Å². The molecular formula is C22H27N3O4. The van der Waals surface area contributed by atoms with E-state index in [0.29, 0.717) is 43.1 Å². The molecule has 1 aliphatic rings. The fourth-order valence-electron chi connectivity index (χ4n) is 3.81. The lowest BCUT2D eigenvalue weighted by atomic mass is 9.82. The van der Waals surface area contributed by atoms with Gasteiger partial charge in [-0.3, -0.25) is 9.59 Å². The van der Waals surface area contributed by atoms with Crippen molar-refractivity contribution >= 4 is 17.5 Å². The predicted octanol–water partition coefficient (Wildman–Crippen LogP) is 2.26. The fourth-order valence-corrected chi connectivity index (χ4v) is 3.81. The van der Waals surface area contributed by atoms with Gasteiger partial charge in [0.25, 0.3) is 0 Å². The van der Waals surface area contributed by atoms with Crippen LogP contribution in [-0.2, 0) is 9.59 Å². The van der Waals surface area contributed by atoms with Crippen molar-refractivity contribution in [3.8, 4) is 11.5 Å². The molecule has 0 radical (unpaired) electrons. The van der Waals surface area contributed by atoms with E-state index in [1.54, 1.807) is 31.3 Å². The number of nitrogens with two attached hydrogens (primary N) is 1. The molecule has 0 aromatic heterocycles. The van der Waals surface area contributed by atoms with Crippen molar-refractivity contribution in [2.45, 2.75) is 18.9 Å². The van der Waals surface area contributed by atoms with Gasteiger partial charge in [-0.05, 0) is 36.8 Å². The Morgan fingerprint density at radius 1 is 1.14 bits per heavy atom. The summed E-state index contributed by atoms with van der Waals surface area (Å²) < 4.78 is 10.8. The summed E-state index contributed by atoms with van der Waals surface area (Å²) in [5.74, 6) is 0.774. The van der Waals surface area contributed by atoms with E-state index in [1.807, 2.05) is 36.4 Å². The lowest BCUT2D eigenvalue weighted by molar-refractivity contribution is -0.129. The predicted molar refractivity (Wildman–Crippen MR) is 111 cm³/mol. The van der Waals surface area contributed by atoms with Crippen molar-refractivity contribution in [3.63, 3.8) is 0 Å². The van der Waals surface area contributed by atoms with Crippen LogP contribution < -0.4 is 25.4 Å². The minimum atomic E-state index is -0.487. The van der Waals surface area contributed by atoms with E-state index < -0.39 is 12.0 Å². The number of para-hydroxylation sites is 1. The zero-order chi connectivity index (χ0) is 20.8. The van der Waals surface area contributed by atoms with Crippen LogP contribution in [-0.4, -0.2) is 39.1 Å². The zero-order valence-corrected chi connectivity index (χ0v) is 16.8. The Bertz CT molecular complexity index is 853. The van der Waals surface area contributed by atoms with Crippen molar-refractivity contribution in [1.29, 1.82) is 0 Å². The molecular weight excluding hydrogens is 370 g/mol. The maximum atomic E-state index is 13.0. The van der Waals surface area contributed by atoms with Gasteiger partial charge in [-0.2, -0.15) is 0 Å². The molecule has 7 heteroatoms. The number of ether oxygens (including phenoxy) is 2. The topological polar surface area (TPSA) is 93.9 Å². The number of amides is 2. The molecule has 0 aliphatic carbocycles. The first-order valence-electron chi connectivity index (χ1n) is 9.67. The number of rotatable bonds is 7. The Kier molecular flexibility index (Phi) is 6.72. The quantitative estimate of drug-likeness (QED) is 0.747. The maximum absolute atomic E-state index is 13.0. The van der Waals surface area contributed by atoms with Crippen LogP contribution in [0.3, 0.4) is 0 Å². The summed E-state index contributed by atoms with van der Waals surface area (Å²) in [4.78, 5) is 27.7. The molecule has 2 atom stereocenters. The SMILES string of the molecule is COc1ccc(N2C(=O)CCC(C(=O)NCCN)C2c2ccccc2OC)cc1. The lowest BCUT2D eigenvalue weighted by Crippen LogP contribution is -2.49. The van der Waals surface area contributed by atoms with Crippen LogP contribution >= 0.6 is 0 Å². The van der Waals surface area contributed by atoms with Crippen LogP contribution in [0.5, 0.6) is 11.5 Å². The highest BCUT2D eigenvalue weighted by Gasteiger charge is 2.42. The number of carbonyl (C=O) groups is 2. The highest BCUT2D eigenvalue weighted by atomic mass is 16.5. The van der Waals surface area contributed by atoms with Crippen molar-refractivity contribution in [1.82, 2.24) is 5.32 Å². The van der Waals surface area contributed by atoms with E-state index in [1.165, 1.54) is 0 Å². The van der Waals surface area contributed by atoms with Crippen molar-refractivity contribution in [3.05, 3.63) is 54.1 Å². The van der Waals surface area contributed by atoms with Gasteiger partial charge < -0.3 is 25.4 Å². The molecule has 0 bridgehead atoms. The van der Waals surface area contributed by atoms with Gasteiger partial charge in [0.05, 0.1) is 26.2 Å². The molecule has 0 saturated carbocycles. The highest BCUT2D eigenvalue weighted by molar-refractivity contribution is 5.97. The van der Waals surface area contributed by atoms with Crippen LogP contribution in [0.25, 0.3) is 0 Å². The number of hydrogen-bond donors (Lipinski definition) is 2. The zero-order valence-electron chi connectivity index (χ0n) is 16.8. The Balaban J connectivity index is 2.08. The molecule has 29 heavy (non-hydrogen) atoms. The number of anilines is 1. The van der Waals surface area contributed by atoms with Gasteiger partial charge in [0.15, 0.2) is 0 Å². The Morgan fingerprint density at radius 2 is 1.86 bits per heavy atom. The average molecular weight is 397 g/mol. The van der Waals surface area contributed by atoms with E-state index in [2.05, 4.69) is 5.32 Å². The molecule has 3 N–H and O–H groups in total. The molecule has 7 nitrogen and oxygen atoms in total. The van der Waals surface area contributed by atoms with Gasteiger partial charge in [0.1, 0.15) is 11.5 Å². The van der Waals surface area contributed by atoms with Crippen LogP contribution in [0.15, 0.2) is 48.5 Å². The first-order chi connectivity index (χ1) is 14.1. The first-order valence-corrected chi connectivity index (χ1v) is 9.67. The van der Waals surface area contributed by atoms with E-state index >= 15 is 0 Å². The van der Waals surface area contributed by atoms with Gasteiger partial charge in [0, 0.05) is 30.8 Å². The Morgan fingerprint density at radius 3 is 2.52 bits per heavy atom. The third-order valence-corrected chi connectivity index (χ3v) is 5.19. The standard InChI is InChI=1S/C22H27N3O4/c1-28-16-9-7-15(8-10-16)25-20(26)12-11-18(22(27)24-14-13-23)21(25)17-5-3-4-6-19(17)29-2/h3-10,18,21H,11-14,23H2,1-2H3,(H,24,27). The number of nitrogens with zero attached hydrogens (tertiary/aromatic N) is 1. The molecule has 2 unspecified atom stereocenters. The fraction of sp³-hybridized carbons (Fsp3) is 0.364. The van der Waals surface area contributed by atoms with Gasteiger partial charge in [-0.1, -0.05) is 18.2 Å². The summed E-state index contributed by atoms with van der Waals surface area (Å²) in [6.45, 7) is 0.753. The lowest BCUT2D eigenvalue weighted by Gasteiger charge is -2.41. The minimum Gasteiger partial charge on any atom is -0.497 e. The van der Waals surface area contributed by atoms with E-state index in [9.17, 15) is 9.59 Å². The molecule has 3 rings (SSSR count). The molecule has 1 heterocycles. The number of hydrogen-bond acceptors (Lipinski definition) is 5. The second-order valence-electron chi connectivity index (χ2n) is 6.87. The van der Waals surface area contributed by atoms with Crippen LogP contribution in [0.1, 0.15) is 24.4 Å². The summed E-state index contributed by atoms with van der Waals surface area (Å²) in [6, 6.07) is 14.3. The Hall–Kier alpha value is -3.06. The van der Waals surface area contributed by atoms with Gasteiger partial charge in [0.2, 0.25) is 11.8 Å². The Labute approximate surface area is 170 Å². The number of piperidine rings is 1. The third-order valence-electron chi connectivity index (χ3n) is 5.19. The average Bonchev–Trinajstić information content (AvgIpc) is 2.77. The van der Waals surface area contributed by atoms with Crippen molar-refractivity contribution in [2.75, 3.05) is 32.2 Å². The number of carbonyl (C=O) groups excluding carboxylic acids is 2. The second-order valence-corrected chi connectivity index (χ2v) is 6.87. The van der Waals surface area contributed by atoms with Crippen molar-refractivity contribution < 1.29 is 19.1 Å². The van der Waals surface area contributed by atoms with Gasteiger partial charge in [-0.25, -0.2) is 0 Å². The largest absolute Gasteiger partial charge is 0.497 e. The molecule has 2 aromatic carbocycles. The third kappa shape index (κ3) is 4.35. The first kappa shape index (κ1) is 20.7. The monoisotopic (exact) mass is 397 g/mol. The summed E-state index contributed by atoms with van der Waals surface area (Å²) >= 11 is 0. The van der Waals surface area contributed by atoms with Gasteiger partial charge in [-0.15, -0.1) is 0 Å². The van der Waals surface area contributed by atoms with Crippen LogP contribution in [0, 0.1) is 5.92 Å². The molecule has 1 saturated heterocycles. The molecule has 2 amide bonds. The summed E-state index contributed by atoms with van der Waals surface area (Å²) in [7, 11) is 3.18. The molecule has 1 aliphatic heterocycles. The molecule has 154 valence electrons. The summed E-state index contributed by atoms with van der Waals surface area (Å²) in [5.41, 5.74) is 7.06. The molecule has 0 spiro atoms. The number of nitrogens with one attached hydrogen (secondary N) is 1. The highest BCUT2D eigenvalue weighted by Crippen LogP contribution is 2.43. The minimum absolute atomic E-state index is 0.0334. The molecule has 2 aromatic rings. The number of benzene rings is 2. The van der Waals surface area contributed by atoms with Crippen molar-refractivity contribution in [2.24, 2.45) is 11.7 Å². The number of methoxy groups -OCH3 is 2. The van der Waals surface area contributed by atoms with Crippen LogP contribution in [0.4, 0.5) is 5.69 Å². The maximum Gasteiger partial charge on any atom is 0.227 e. The van der Waals surface area contributed by atoms with E-state index in [-0.39, 0.29) is 11.8 Å². The second kappa shape index (κ2) is 9.43. The molecule has 1 fully saturated rings. The van der Waals surface area contributed by atoms with E-state index in [0.717, 1.165) is 5.56 Å². The van der Waals surface area contributed by atoms with Crippen LogP contribution in [0.2, 0.25) is 0 Å². The normalized spacial score (nSPS) is 19.0. The smallest absolute Gasteiger partial charge is 0.227 e. The summed E-state index contributed by atoms with van der Waals surface area (Å²) in [5, 5.41) is 2.88. The van der Waals surface area contributed by atoms with E-state index in [4.69, 9.17) is 15.2 Å². The summed E-state index contributed by atoms with van der Waals surface area (Å²) in [6.07, 6.45) is 0.753.